The average Bonchev–Trinajstić information content (AvgIpc) is 3.24. The number of carbonyl (C=O) groups excluding carboxylic acids is 1. The first kappa shape index (κ1) is 14.7. The standard InChI is InChI=1S/C14H23N5OS/c1-9-4-2-3-5-11(9)16-12(20)8-21-14-18-17-13(19(14)15)10-6-7-10/h9-11H,2-8,15H2,1H3,(H,16,20)/t9-,11+/m1/s1. The lowest BCUT2D eigenvalue weighted by molar-refractivity contribution is -0.119. The Kier molecular flexibility index (Phi) is 4.37. The second-order valence-electron chi connectivity index (χ2n) is 6.21. The van der Waals surface area contributed by atoms with Crippen LogP contribution in [0.3, 0.4) is 0 Å². The summed E-state index contributed by atoms with van der Waals surface area (Å²) in [5.74, 6) is 8.28. The molecule has 0 radical (unpaired) electrons. The lowest BCUT2D eigenvalue weighted by Gasteiger charge is -2.29. The summed E-state index contributed by atoms with van der Waals surface area (Å²) in [6, 6.07) is 0.324. The molecule has 2 fully saturated rings. The maximum Gasteiger partial charge on any atom is 0.230 e. The Morgan fingerprint density at radius 1 is 1.33 bits per heavy atom. The monoisotopic (exact) mass is 309 g/mol. The van der Waals surface area contributed by atoms with Crippen molar-refractivity contribution in [1.82, 2.24) is 20.2 Å². The topological polar surface area (TPSA) is 85.8 Å². The number of nitrogens with one attached hydrogen (secondary N) is 1. The van der Waals surface area contributed by atoms with E-state index in [0.29, 0.717) is 28.8 Å². The molecule has 1 aromatic heterocycles. The van der Waals surface area contributed by atoms with Crippen LogP contribution < -0.4 is 11.2 Å². The molecular weight excluding hydrogens is 286 g/mol. The van der Waals surface area contributed by atoms with Crippen molar-refractivity contribution in [2.24, 2.45) is 5.92 Å². The Labute approximate surface area is 129 Å². The first-order chi connectivity index (χ1) is 10.1. The first-order valence-electron chi connectivity index (χ1n) is 7.77. The lowest BCUT2D eigenvalue weighted by Crippen LogP contribution is -2.41. The summed E-state index contributed by atoms with van der Waals surface area (Å²) in [6.45, 7) is 2.22. The van der Waals surface area contributed by atoms with Crippen molar-refractivity contribution in [2.45, 2.75) is 62.6 Å². The molecule has 0 aliphatic heterocycles. The maximum absolute atomic E-state index is 12.1. The van der Waals surface area contributed by atoms with E-state index in [4.69, 9.17) is 5.84 Å². The molecular formula is C14H23N5OS. The molecule has 3 rings (SSSR count). The van der Waals surface area contributed by atoms with Crippen LogP contribution in [0.1, 0.15) is 57.2 Å². The second-order valence-corrected chi connectivity index (χ2v) is 7.15. The van der Waals surface area contributed by atoms with Gasteiger partial charge in [0.25, 0.3) is 0 Å². The van der Waals surface area contributed by atoms with Gasteiger partial charge in [-0.3, -0.25) is 4.79 Å². The summed E-state index contributed by atoms with van der Waals surface area (Å²) in [4.78, 5) is 12.1. The van der Waals surface area contributed by atoms with Gasteiger partial charge in [0.15, 0.2) is 5.82 Å². The highest BCUT2D eigenvalue weighted by atomic mass is 32.2. The molecule has 2 saturated carbocycles. The number of nitrogens with zero attached hydrogens (tertiary/aromatic N) is 3. The molecule has 0 aromatic carbocycles. The predicted octanol–water partition coefficient (Wildman–Crippen LogP) is 1.66. The zero-order valence-corrected chi connectivity index (χ0v) is 13.2. The molecule has 0 unspecified atom stereocenters. The van der Waals surface area contributed by atoms with Gasteiger partial charge >= 0.3 is 0 Å². The summed E-state index contributed by atoms with van der Waals surface area (Å²) in [5.41, 5.74) is 0. The molecule has 21 heavy (non-hydrogen) atoms. The van der Waals surface area contributed by atoms with Crippen molar-refractivity contribution in [3.63, 3.8) is 0 Å². The molecule has 0 spiro atoms. The number of aromatic nitrogens is 3. The fourth-order valence-corrected chi connectivity index (χ4v) is 3.59. The van der Waals surface area contributed by atoms with Gasteiger partial charge in [-0.25, -0.2) is 4.68 Å². The Hall–Kier alpha value is -1.24. The van der Waals surface area contributed by atoms with Crippen LogP contribution in [0.2, 0.25) is 0 Å². The number of carbonyl (C=O) groups is 1. The summed E-state index contributed by atoms with van der Waals surface area (Å²) < 4.78 is 1.54. The van der Waals surface area contributed by atoms with Crippen LogP contribution >= 0.6 is 11.8 Å². The van der Waals surface area contributed by atoms with E-state index >= 15 is 0 Å². The maximum atomic E-state index is 12.1. The highest BCUT2D eigenvalue weighted by molar-refractivity contribution is 7.99. The average molecular weight is 309 g/mol. The summed E-state index contributed by atoms with van der Waals surface area (Å²) in [5, 5.41) is 12.0. The highest BCUT2D eigenvalue weighted by Gasteiger charge is 2.30. The molecule has 1 amide bonds. The minimum Gasteiger partial charge on any atom is -0.352 e. The normalized spacial score (nSPS) is 25.8. The lowest BCUT2D eigenvalue weighted by atomic mass is 9.86. The van der Waals surface area contributed by atoms with Crippen molar-refractivity contribution in [2.75, 3.05) is 11.6 Å². The largest absolute Gasteiger partial charge is 0.352 e. The third kappa shape index (κ3) is 3.51. The van der Waals surface area contributed by atoms with Gasteiger partial charge in [0, 0.05) is 12.0 Å². The molecule has 116 valence electrons. The van der Waals surface area contributed by atoms with E-state index < -0.39 is 0 Å². The van der Waals surface area contributed by atoms with Crippen LogP contribution in [0.15, 0.2) is 5.16 Å². The minimum absolute atomic E-state index is 0.0646. The number of nitrogens with two attached hydrogens (primary N) is 1. The minimum atomic E-state index is 0.0646. The zero-order chi connectivity index (χ0) is 14.8. The van der Waals surface area contributed by atoms with Gasteiger partial charge in [-0.05, 0) is 31.6 Å². The SMILES string of the molecule is C[C@@H]1CCCC[C@@H]1NC(=O)CSc1nnc(C2CC2)n1N. The molecule has 2 aliphatic rings. The van der Waals surface area contributed by atoms with Gasteiger partial charge in [-0.15, -0.1) is 10.2 Å². The second kappa shape index (κ2) is 6.25. The molecule has 3 N–H and O–H groups in total. The number of thioether (sulfide) groups is 1. The van der Waals surface area contributed by atoms with Crippen LogP contribution in [0.25, 0.3) is 0 Å². The van der Waals surface area contributed by atoms with Crippen molar-refractivity contribution in [3.05, 3.63) is 5.82 Å². The summed E-state index contributed by atoms with van der Waals surface area (Å²) in [6.07, 6.45) is 7.07. The van der Waals surface area contributed by atoms with E-state index in [1.54, 1.807) is 4.68 Å². The molecule has 0 bridgehead atoms. The fourth-order valence-electron chi connectivity index (χ4n) is 2.92. The van der Waals surface area contributed by atoms with Crippen LogP contribution in [-0.4, -0.2) is 32.6 Å². The molecule has 1 aromatic rings. The quantitative estimate of drug-likeness (QED) is 0.638. The third-order valence-corrected chi connectivity index (χ3v) is 5.37. The first-order valence-corrected chi connectivity index (χ1v) is 8.76. The summed E-state index contributed by atoms with van der Waals surface area (Å²) >= 11 is 1.36. The van der Waals surface area contributed by atoms with Crippen molar-refractivity contribution < 1.29 is 4.79 Å². The molecule has 2 atom stereocenters. The molecule has 7 heteroatoms. The van der Waals surface area contributed by atoms with Gasteiger partial charge in [-0.2, -0.15) is 0 Å². The fraction of sp³-hybridized carbons (Fsp3) is 0.786. The van der Waals surface area contributed by atoms with Crippen LogP contribution in [0, 0.1) is 5.92 Å². The van der Waals surface area contributed by atoms with Crippen molar-refractivity contribution >= 4 is 17.7 Å². The third-order valence-electron chi connectivity index (χ3n) is 4.42. The Morgan fingerprint density at radius 2 is 2.10 bits per heavy atom. The van der Waals surface area contributed by atoms with E-state index in [0.717, 1.165) is 25.1 Å². The van der Waals surface area contributed by atoms with Gasteiger partial charge in [0.05, 0.1) is 5.75 Å². The number of nitrogen functional groups attached to an aromatic ring is 1. The van der Waals surface area contributed by atoms with Gasteiger partial charge in [0.2, 0.25) is 11.1 Å². The van der Waals surface area contributed by atoms with Gasteiger partial charge in [0.1, 0.15) is 0 Å². The molecule has 1 heterocycles. The summed E-state index contributed by atoms with van der Waals surface area (Å²) in [7, 11) is 0. The molecule has 6 nitrogen and oxygen atoms in total. The highest BCUT2D eigenvalue weighted by Crippen LogP contribution is 2.39. The van der Waals surface area contributed by atoms with Crippen LogP contribution in [0.5, 0.6) is 0 Å². The number of hydrogen-bond acceptors (Lipinski definition) is 5. The smallest absolute Gasteiger partial charge is 0.230 e. The molecule has 0 saturated heterocycles. The van der Waals surface area contributed by atoms with E-state index in [-0.39, 0.29) is 5.91 Å². The Bertz CT molecular complexity index is 513. The predicted molar refractivity (Wildman–Crippen MR) is 82.4 cm³/mol. The molecule has 2 aliphatic carbocycles. The van der Waals surface area contributed by atoms with E-state index in [9.17, 15) is 4.79 Å². The van der Waals surface area contributed by atoms with E-state index in [1.165, 1.54) is 31.0 Å². The van der Waals surface area contributed by atoms with E-state index in [1.807, 2.05) is 0 Å². The Morgan fingerprint density at radius 3 is 2.81 bits per heavy atom. The van der Waals surface area contributed by atoms with Gasteiger partial charge < -0.3 is 11.2 Å². The zero-order valence-electron chi connectivity index (χ0n) is 12.4. The van der Waals surface area contributed by atoms with Crippen LogP contribution in [-0.2, 0) is 4.79 Å². The van der Waals surface area contributed by atoms with Crippen molar-refractivity contribution in [1.29, 1.82) is 0 Å². The number of amides is 1. The Balaban J connectivity index is 1.49. The van der Waals surface area contributed by atoms with Crippen LogP contribution in [0.4, 0.5) is 0 Å². The van der Waals surface area contributed by atoms with E-state index in [2.05, 4.69) is 22.4 Å². The van der Waals surface area contributed by atoms with Crippen molar-refractivity contribution in [3.8, 4) is 0 Å². The van der Waals surface area contributed by atoms with Gasteiger partial charge in [-0.1, -0.05) is 31.5 Å². The number of hydrogen-bond donors (Lipinski definition) is 2. The number of rotatable bonds is 5.